The van der Waals surface area contributed by atoms with Crippen molar-refractivity contribution >= 4 is 11.6 Å². The van der Waals surface area contributed by atoms with Gasteiger partial charge in [0.2, 0.25) is 5.82 Å². The lowest BCUT2D eigenvalue weighted by Crippen LogP contribution is -2.13. The lowest BCUT2D eigenvalue weighted by molar-refractivity contribution is -0.144. The SMILES string of the molecule is FC(F)(F)c1nc(Cl)cc(-c2ccccc2C2CCC2)n1. The lowest BCUT2D eigenvalue weighted by atomic mass is 9.78. The Morgan fingerprint density at radius 3 is 2.43 bits per heavy atom. The van der Waals surface area contributed by atoms with Crippen molar-refractivity contribution in [2.75, 3.05) is 0 Å². The molecule has 3 rings (SSSR count). The van der Waals surface area contributed by atoms with Crippen molar-refractivity contribution in [3.05, 3.63) is 46.9 Å². The Hall–Kier alpha value is -1.62. The van der Waals surface area contributed by atoms with Crippen LogP contribution in [0.25, 0.3) is 11.3 Å². The number of benzene rings is 1. The van der Waals surface area contributed by atoms with Crippen molar-refractivity contribution in [1.29, 1.82) is 0 Å². The van der Waals surface area contributed by atoms with Crippen LogP contribution in [-0.2, 0) is 6.18 Å². The normalized spacial score (nSPS) is 15.8. The molecule has 1 aromatic heterocycles. The van der Waals surface area contributed by atoms with E-state index in [4.69, 9.17) is 11.6 Å². The van der Waals surface area contributed by atoms with Gasteiger partial charge in [-0.3, -0.25) is 0 Å². The van der Waals surface area contributed by atoms with E-state index in [1.54, 1.807) is 12.1 Å². The van der Waals surface area contributed by atoms with Gasteiger partial charge in [-0.25, -0.2) is 9.97 Å². The number of aromatic nitrogens is 2. The zero-order chi connectivity index (χ0) is 15.0. The summed E-state index contributed by atoms with van der Waals surface area (Å²) in [7, 11) is 0. The number of alkyl halides is 3. The van der Waals surface area contributed by atoms with E-state index in [1.165, 1.54) is 6.07 Å². The highest BCUT2D eigenvalue weighted by atomic mass is 35.5. The molecule has 21 heavy (non-hydrogen) atoms. The van der Waals surface area contributed by atoms with Gasteiger partial charge in [0, 0.05) is 11.6 Å². The highest BCUT2D eigenvalue weighted by Gasteiger charge is 2.35. The largest absolute Gasteiger partial charge is 0.451 e. The zero-order valence-electron chi connectivity index (χ0n) is 11.0. The molecule has 0 N–H and O–H groups in total. The third-order valence-electron chi connectivity index (χ3n) is 3.73. The summed E-state index contributed by atoms with van der Waals surface area (Å²) >= 11 is 5.73. The molecule has 1 aliphatic rings. The van der Waals surface area contributed by atoms with E-state index < -0.39 is 12.0 Å². The average molecular weight is 313 g/mol. The fraction of sp³-hybridized carbons (Fsp3) is 0.333. The smallest absolute Gasteiger partial charge is 0.224 e. The third-order valence-corrected chi connectivity index (χ3v) is 3.92. The molecule has 1 aliphatic carbocycles. The molecule has 0 radical (unpaired) electrons. The second-order valence-electron chi connectivity index (χ2n) is 5.11. The molecule has 0 unspecified atom stereocenters. The van der Waals surface area contributed by atoms with Crippen molar-refractivity contribution in [2.24, 2.45) is 0 Å². The average Bonchev–Trinajstić information content (AvgIpc) is 2.35. The van der Waals surface area contributed by atoms with Gasteiger partial charge in [0.15, 0.2) is 0 Å². The first-order chi connectivity index (χ1) is 9.95. The Morgan fingerprint density at radius 2 is 1.81 bits per heavy atom. The molecule has 0 amide bonds. The lowest BCUT2D eigenvalue weighted by Gasteiger charge is -2.27. The van der Waals surface area contributed by atoms with E-state index >= 15 is 0 Å². The fourth-order valence-electron chi connectivity index (χ4n) is 2.49. The Bertz CT molecular complexity index is 666. The Morgan fingerprint density at radius 1 is 1.10 bits per heavy atom. The van der Waals surface area contributed by atoms with Gasteiger partial charge in [-0.15, -0.1) is 0 Å². The van der Waals surface area contributed by atoms with Crippen LogP contribution in [0.3, 0.4) is 0 Å². The first-order valence-electron chi connectivity index (χ1n) is 6.66. The molecule has 1 fully saturated rings. The molecule has 1 saturated carbocycles. The van der Waals surface area contributed by atoms with Gasteiger partial charge in [0.05, 0.1) is 5.69 Å². The van der Waals surface area contributed by atoms with Crippen LogP contribution in [0.5, 0.6) is 0 Å². The summed E-state index contributed by atoms with van der Waals surface area (Å²) in [6.07, 6.45) is -1.34. The van der Waals surface area contributed by atoms with E-state index in [1.807, 2.05) is 12.1 Å². The summed E-state index contributed by atoms with van der Waals surface area (Å²) in [6.45, 7) is 0. The van der Waals surface area contributed by atoms with E-state index in [0.717, 1.165) is 24.8 Å². The molecule has 0 bridgehead atoms. The maximum absolute atomic E-state index is 12.8. The minimum Gasteiger partial charge on any atom is -0.224 e. The Labute approximate surface area is 125 Å². The maximum Gasteiger partial charge on any atom is 0.451 e. The molecule has 0 aliphatic heterocycles. The highest BCUT2D eigenvalue weighted by molar-refractivity contribution is 6.29. The molecule has 1 heterocycles. The van der Waals surface area contributed by atoms with Gasteiger partial charge >= 0.3 is 6.18 Å². The molecular formula is C15H12ClF3N2. The summed E-state index contributed by atoms with van der Waals surface area (Å²) in [5, 5.41) is -0.198. The van der Waals surface area contributed by atoms with Crippen LogP contribution < -0.4 is 0 Å². The molecule has 2 nitrogen and oxygen atoms in total. The minimum absolute atomic E-state index is 0.198. The van der Waals surface area contributed by atoms with Crippen LogP contribution in [0.2, 0.25) is 5.15 Å². The van der Waals surface area contributed by atoms with Crippen molar-refractivity contribution in [3.8, 4) is 11.3 Å². The van der Waals surface area contributed by atoms with E-state index in [9.17, 15) is 13.2 Å². The molecule has 0 atom stereocenters. The zero-order valence-corrected chi connectivity index (χ0v) is 11.7. The number of nitrogens with zero attached hydrogens (tertiary/aromatic N) is 2. The topological polar surface area (TPSA) is 25.8 Å². The molecule has 2 aromatic rings. The first-order valence-corrected chi connectivity index (χ1v) is 7.04. The van der Waals surface area contributed by atoms with E-state index in [0.29, 0.717) is 11.5 Å². The van der Waals surface area contributed by atoms with Crippen LogP contribution in [0.1, 0.15) is 36.6 Å². The molecule has 0 saturated heterocycles. The highest BCUT2D eigenvalue weighted by Crippen LogP contribution is 2.41. The van der Waals surface area contributed by atoms with Gasteiger partial charge in [-0.2, -0.15) is 13.2 Å². The van der Waals surface area contributed by atoms with Crippen LogP contribution in [0.4, 0.5) is 13.2 Å². The maximum atomic E-state index is 12.8. The van der Waals surface area contributed by atoms with E-state index in [2.05, 4.69) is 9.97 Å². The van der Waals surface area contributed by atoms with Crippen LogP contribution >= 0.6 is 11.6 Å². The summed E-state index contributed by atoms with van der Waals surface area (Å²) in [5.74, 6) is -0.808. The third kappa shape index (κ3) is 2.88. The molecule has 110 valence electrons. The standard InChI is InChI=1S/C15H12ClF3N2/c16-13-8-12(20-14(21-13)15(17,18)19)11-7-2-1-6-10(11)9-4-3-5-9/h1-2,6-9H,3-5H2. The van der Waals surface area contributed by atoms with Crippen molar-refractivity contribution < 1.29 is 13.2 Å². The summed E-state index contributed by atoms with van der Waals surface area (Å²) < 4.78 is 38.4. The molecule has 6 heteroatoms. The first kappa shape index (κ1) is 14.3. The quantitative estimate of drug-likeness (QED) is 0.722. The van der Waals surface area contributed by atoms with Gasteiger partial charge in [0.25, 0.3) is 0 Å². The number of rotatable bonds is 2. The Kier molecular flexibility index (Phi) is 3.61. The van der Waals surface area contributed by atoms with Crippen molar-refractivity contribution in [2.45, 2.75) is 31.4 Å². The number of hydrogen-bond acceptors (Lipinski definition) is 2. The summed E-state index contributed by atoms with van der Waals surface area (Å²) in [4.78, 5) is 6.92. The minimum atomic E-state index is -4.61. The summed E-state index contributed by atoms with van der Waals surface area (Å²) in [6, 6.07) is 8.80. The number of halogens is 4. The van der Waals surface area contributed by atoms with Crippen LogP contribution in [-0.4, -0.2) is 9.97 Å². The second-order valence-corrected chi connectivity index (χ2v) is 5.50. The van der Waals surface area contributed by atoms with Crippen LogP contribution in [0.15, 0.2) is 30.3 Å². The van der Waals surface area contributed by atoms with Crippen LogP contribution in [0, 0.1) is 0 Å². The van der Waals surface area contributed by atoms with Gasteiger partial charge < -0.3 is 0 Å². The Balaban J connectivity index is 2.10. The van der Waals surface area contributed by atoms with Crippen molar-refractivity contribution in [1.82, 2.24) is 9.97 Å². The summed E-state index contributed by atoms with van der Waals surface area (Å²) in [5.41, 5.74) is 1.97. The molecule has 0 spiro atoms. The monoisotopic (exact) mass is 312 g/mol. The predicted octanol–water partition coefficient (Wildman–Crippen LogP) is 5.08. The van der Waals surface area contributed by atoms with Gasteiger partial charge in [-0.1, -0.05) is 42.3 Å². The van der Waals surface area contributed by atoms with E-state index in [-0.39, 0.29) is 10.8 Å². The van der Waals surface area contributed by atoms with Crippen molar-refractivity contribution in [3.63, 3.8) is 0 Å². The molecular weight excluding hydrogens is 301 g/mol. The second kappa shape index (κ2) is 5.30. The van der Waals surface area contributed by atoms with Gasteiger partial charge in [-0.05, 0) is 24.3 Å². The fourth-order valence-corrected chi connectivity index (χ4v) is 2.67. The predicted molar refractivity (Wildman–Crippen MR) is 74.1 cm³/mol. The molecule has 1 aromatic carbocycles. The number of hydrogen-bond donors (Lipinski definition) is 0. The van der Waals surface area contributed by atoms with Gasteiger partial charge in [0.1, 0.15) is 5.15 Å².